The standard InChI is InChI=1S/C16H14Cl2N2O/c17-14-9-19-15(18)8-13(14)16(21)20-7-3-6-11-4-1-2-5-12(11)10-20/h1-2,4-5,8-9H,3,6-7,10H2. The maximum absolute atomic E-state index is 12.7. The summed E-state index contributed by atoms with van der Waals surface area (Å²) in [7, 11) is 0. The lowest BCUT2D eigenvalue weighted by atomic mass is 10.0. The van der Waals surface area contributed by atoms with E-state index in [0.29, 0.717) is 23.7 Å². The summed E-state index contributed by atoms with van der Waals surface area (Å²) in [4.78, 5) is 18.4. The van der Waals surface area contributed by atoms with Crippen molar-refractivity contribution in [3.8, 4) is 0 Å². The molecule has 0 aliphatic carbocycles. The highest BCUT2D eigenvalue weighted by Crippen LogP contribution is 2.24. The van der Waals surface area contributed by atoms with E-state index >= 15 is 0 Å². The molecule has 0 atom stereocenters. The van der Waals surface area contributed by atoms with Crippen LogP contribution in [0.3, 0.4) is 0 Å². The number of nitrogens with zero attached hydrogens (tertiary/aromatic N) is 2. The molecule has 0 bridgehead atoms. The minimum atomic E-state index is -0.0963. The van der Waals surface area contributed by atoms with Crippen LogP contribution in [0.1, 0.15) is 27.9 Å². The van der Waals surface area contributed by atoms with Crippen LogP contribution in [0.4, 0.5) is 0 Å². The number of halogens is 2. The Morgan fingerprint density at radius 2 is 1.95 bits per heavy atom. The van der Waals surface area contributed by atoms with Crippen LogP contribution < -0.4 is 0 Å². The topological polar surface area (TPSA) is 33.2 Å². The molecule has 1 amide bonds. The highest BCUT2D eigenvalue weighted by molar-refractivity contribution is 6.35. The second-order valence-electron chi connectivity index (χ2n) is 5.09. The molecule has 3 nitrogen and oxygen atoms in total. The second-order valence-corrected chi connectivity index (χ2v) is 5.88. The number of amides is 1. The molecule has 1 aliphatic heterocycles. The lowest BCUT2D eigenvalue weighted by molar-refractivity contribution is 0.0746. The van der Waals surface area contributed by atoms with Crippen molar-refractivity contribution in [2.24, 2.45) is 0 Å². The summed E-state index contributed by atoms with van der Waals surface area (Å²) in [6.07, 6.45) is 3.35. The van der Waals surface area contributed by atoms with Crippen LogP contribution in [0, 0.1) is 0 Å². The van der Waals surface area contributed by atoms with Crippen LogP contribution in [-0.2, 0) is 13.0 Å². The summed E-state index contributed by atoms with van der Waals surface area (Å²) < 4.78 is 0. The summed E-state index contributed by atoms with van der Waals surface area (Å²) in [5.41, 5.74) is 2.92. The molecular formula is C16H14Cl2N2O. The molecule has 1 aromatic heterocycles. The van der Waals surface area contributed by atoms with E-state index < -0.39 is 0 Å². The molecule has 0 unspecified atom stereocenters. The van der Waals surface area contributed by atoms with Gasteiger partial charge in [-0.15, -0.1) is 0 Å². The molecule has 5 heteroatoms. The molecule has 2 aromatic rings. The molecule has 3 rings (SSSR count). The van der Waals surface area contributed by atoms with Gasteiger partial charge in [0.15, 0.2) is 0 Å². The van der Waals surface area contributed by atoms with Gasteiger partial charge in [0.1, 0.15) is 5.15 Å². The Hall–Kier alpha value is -1.58. The normalized spacial score (nSPS) is 14.5. The van der Waals surface area contributed by atoms with Crippen LogP contribution in [-0.4, -0.2) is 22.3 Å². The molecule has 108 valence electrons. The van der Waals surface area contributed by atoms with Crippen LogP contribution in [0.25, 0.3) is 0 Å². The summed E-state index contributed by atoms with van der Waals surface area (Å²) >= 11 is 12.0. The summed E-state index contributed by atoms with van der Waals surface area (Å²) in [5.74, 6) is -0.0963. The molecule has 2 heterocycles. The van der Waals surface area contributed by atoms with Crippen molar-refractivity contribution >= 4 is 29.1 Å². The lowest BCUT2D eigenvalue weighted by Crippen LogP contribution is -2.31. The van der Waals surface area contributed by atoms with Crippen LogP contribution >= 0.6 is 23.2 Å². The van der Waals surface area contributed by atoms with Crippen LogP contribution in [0.2, 0.25) is 10.2 Å². The molecule has 21 heavy (non-hydrogen) atoms. The zero-order valence-corrected chi connectivity index (χ0v) is 12.9. The van der Waals surface area contributed by atoms with Gasteiger partial charge in [-0.1, -0.05) is 47.5 Å². The Labute approximate surface area is 133 Å². The van der Waals surface area contributed by atoms with Gasteiger partial charge in [0.2, 0.25) is 0 Å². The first-order chi connectivity index (χ1) is 10.1. The molecular weight excluding hydrogens is 307 g/mol. The second kappa shape index (κ2) is 6.04. The van der Waals surface area contributed by atoms with Crippen molar-refractivity contribution in [2.45, 2.75) is 19.4 Å². The smallest absolute Gasteiger partial charge is 0.255 e. The fourth-order valence-electron chi connectivity index (χ4n) is 2.62. The maximum Gasteiger partial charge on any atom is 0.255 e. The summed E-state index contributed by atoms with van der Waals surface area (Å²) in [5, 5.41) is 0.611. The zero-order chi connectivity index (χ0) is 14.8. The average Bonchev–Trinajstić information content (AvgIpc) is 2.71. The molecule has 0 N–H and O–H groups in total. The number of carbonyl (C=O) groups excluding carboxylic acids is 1. The van der Waals surface area contributed by atoms with Crippen molar-refractivity contribution in [3.05, 3.63) is 63.4 Å². The third-order valence-electron chi connectivity index (χ3n) is 3.69. The van der Waals surface area contributed by atoms with Crippen molar-refractivity contribution < 1.29 is 4.79 Å². The molecule has 0 saturated heterocycles. The first kappa shape index (κ1) is 14.4. The van der Waals surface area contributed by atoms with Crippen LogP contribution in [0.15, 0.2) is 36.5 Å². The number of carbonyl (C=O) groups is 1. The van der Waals surface area contributed by atoms with Gasteiger partial charge in [0, 0.05) is 19.3 Å². The summed E-state index contributed by atoms with van der Waals surface area (Å²) in [6, 6.07) is 9.77. The third kappa shape index (κ3) is 3.04. The van der Waals surface area contributed by atoms with Gasteiger partial charge >= 0.3 is 0 Å². The maximum atomic E-state index is 12.7. The van der Waals surface area contributed by atoms with Crippen molar-refractivity contribution in [1.29, 1.82) is 0 Å². The van der Waals surface area contributed by atoms with E-state index in [1.807, 2.05) is 17.0 Å². The van der Waals surface area contributed by atoms with Crippen molar-refractivity contribution in [1.82, 2.24) is 9.88 Å². The Balaban J connectivity index is 1.90. The van der Waals surface area contributed by atoms with E-state index in [0.717, 1.165) is 12.8 Å². The van der Waals surface area contributed by atoms with Crippen LogP contribution in [0.5, 0.6) is 0 Å². The van der Waals surface area contributed by atoms with Gasteiger partial charge in [0.25, 0.3) is 5.91 Å². The number of rotatable bonds is 1. The number of fused-ring (bicyclic) bond motifs is 1. The van der Waals surface area contributed by atoms with E-state index in [9.17, 15) is 4.79 Å². The predicted octanol–water partition coefficient (Wildman–Crippen LogP) is 3.98. The Bertz CT molecular complexity index is 688. The van der Waals surface area contributed by atoms with E-state index in [1.54, 1.807) is 0 Å². The van der Waals surface area contributed by atoms with E-state index in [4.69, 9.17) is 23.2 Å². The monoisotopic (exact) mass is 320 g/mol. The van der Waals surface area contributed by atoms with Gasteiger partial charge in [-0.05, 0) is 30.0 Å². The summed E-state index contributed by atoms with van der Waals surface area (Å²) in [6.45, 7) is 1.31. The molecule has 0 radical (unpaired) electrons. The highest BCUT2D eigenvalue weighted by atomic mass is 35.5. The largest absolute Gasteiger partial charge is 0.334 e. The predicted molar refractivity (Wildman–Crippen MR) is 83.8 cm³/mol. The first-order valence-corrected chi connectivity index (χ1v) is 7.58. The van der Waals surface area contributed by atoms with Gasteiger partial charge < -0.3 is 4.90 Å². The van der Waals surface area contributed by atoms with Gasteiger partial charge in [0.05, 0.1) is 10.6 Å². The quantitative estimate of drug-likeness (QED) is 0.745. The number of pyridine rings is 1. The molecule has 1 aliphatic rings. The number of benzene rings is 1. The SMILES string of the molecule is O=C(c1cc(Cl)ncc1Cl)N1CCCc2ccccc2C1. The fraction of sp³-hybridized carbons (Fsp3) is 0.250. The number of aryl methyl sites for hydroxylation is 1. The fourth-order valence-corrected chi connectivity index (χ4v) is 2.96. The van der Waals surface area contributed by atoms with E-state index in [1.165, 1.54) is 23.4 Å². The minimum absolute atomic E-state index is 0.0963. The van der Waals surface area contributed by atoms with Gasteiger partial charge in [-0.3, -0.25) is 4.79 Å². The van der Waals surface area contributed by atoms with Gasteiger partial charge in [-0.25, -0.2) is 4.98 Å². The molecule has 1 aromatic carbocycles. The number of hydrogen-bond donors (Lipinski definition) is 0. The van der Waals surface area contributed by atoms with E-state index in [-0.39, 0.29) is 11.1 Å². The number of hydrogen-bond acceptors (Lipinski definition) is 2. The zero-order valence-electron chi connectivity index (χ0n) is 11.4. The Morgan fingerprint density at radius 3 is 2.76 bits per heavy atom. The Kier molecular flexibility index (Phi) is 4.13. The molecule has 0 saturated carbocycles. The van der Waals surface area contributed by atoms with Crippen molar-refractivity contribution in [3.63, 3.8) is 0 Å². The number of aromatic nitrogens is 1. The molecule has 0 spiro atoms. The first-order valence-electron chi connectivity index (χ1n) is 6.82. The minimum Gasteiger partial charge on any atom is -0.334 e. The third-order valence-corrected chi connectivity index (χ3v) is 4.20. The average molecular weight is 321 g/mol. The van der Waals surface area contributed by atoms with E-state index in [2.05, 4.69) is 17.1 Å². The Morgan fingerprint density at radius 1 is 1.19 bits per heavy atom. The highest BCUT2D eigenvalue weighted by Gasteiger charge is 2.22. The van der Waals surface area contributed by atoms with Gasteiger partial charge in [-0.2, -0.15) is 0 Å². The molecule has 0 fully saturated rings. The lowest BCUT2D eigenvalue weighted by Gasteiger charge is -2.21. The van der Waals surface area contributed by atoms with Crippen molar-refractivity contribution in [2.75, 3.05) is 6.54 Å².